The van der Waals surface area contributed by atoms with Gasteiger partial charge in [0, 0.05) is 17.1 Å². The molecule has 0 saturated heterocycles. The van der Waals surface area contributed by atoms with Crippen LogP contribution in [0.1, 0.15) is 16.1 Å². The van der Waals surface area contributed by atoms with Crippen molar-refractivity contribution in [3.63, 3.8) is 0 Å². The Kier molecular flexibility index (Phi) is 3.66. The number of ether oxygens (including phenoxy) is 1. The number of aryl methyl sites for hydroxylation is 1. The van der Waals surface area contributed by atoms with Crippen LogP contribution in [0.25, 0.3) is 0 Å². The van der Waals surface area contributed by atoms with Crippen molar-refractivity contribution in [2.24, 2.45) is 0 Å². The number of hydrogen-bond donors (Lipinski definition) is 2. The van der Waals surface area contributed by atoms with Crippen molar-refractivity contribution in [2.75, 3.05) is 18.2 Å². The second-order valence-electron chi connectivity index (χ2n) is 4.11. The number of carbonyl (C=O) groups is 1. The zero-order valence-electron chi connectivity index (χ0n) is 10.8. The summed E-state index contributed by atoms with van der Waals surface area (Å²) in [5.74, 6) is -0.455. The van der Waals surface area contributed by atoms with Crippen LogP contribution in [-0.2, 0) is 4.74 Å². The summed E-state index contributed by atoms with van der Waals surface area (Å²) in [5, 5.41) is 3.15. The van der Waals surface area contributed by atoms with E-state index in [9.17, 15) is 4.79 Å². The van der Waals surface area contributed by atoms with Gasteiger partial charge in [0.1, 0.15) is 0 Å². The molecule has 1 heterocycles. The number of rotatable bonds is 3. The molecule has 1 aromatic heterocycles. The first-order chi connectivity index (χ1) is 9.10. The Labute approximate surface area is 111 Å². The van der Waals surface area contributed by atoms with Crippen molar-refractivity contribution in [1.29, 1.82) is 0 Å². The van der Waals surface area contributed by atoms with Gasteiger partial charge >= 0.3 is 5.97 Å². The molecule has 0 unspecified atom stereocenters. The van der Waals surface area contributed by atoms with Gasteiger partial charge in [0.15, 0.2) is 0 Å². The quantitative estimate of drug-likeness (QED) is 0.652. The lowest BCUT2D eigenvalue weighted by molar-refractivity contribution is 0.0602. The van der Waals surface area contributed by atoms with Crippen LogP contribution in [0.15, 0.2) is 36.5 Å². The minimum atomic E-state index is -0.455. The molecule has 0 fully saturated rings. The maximum Gasteiger partial charge on any atom is 0.340 e. The zero-order valence-corrected chi connectivity index (χ0v) is 10.8. The molecule has 2 rings (SSSR count). The van der Waals surface area contributed by atoms with E-state index in [4.69, 9.17) is 5.73 Å². The first kappa shape index (κ1) is 12.9. The molecule has 1 aromatic carbocycles. The number of nitrogen functional groups attached to an aromatic ring is 1. The third kappa shape index (κ3) is 3.01. The minimum absolute atomic E-state index is 0.340. The fraction of sp³-hybridized carbons (Fsp3) is 0.143. The molecule has 0 aliphatic rings. The molecule has 3 N–H and O–H groups in total. The normalized spacial score (nSPS) is 10.0. The number of benzene rings is 1. The summed E-state index contributed by atoms with van der Waals surface area (Å²) in [7, 11) is 1.33. The Morgan fingerprint density at radius 2 is 2.00 bits per heavy atom. The SMILES string of the molecule is COC(=O)c1cc(Nc2ccc(C)nc2)ccc1N. The van der Waals surface area contributed by atoms with E-state index in [1.165, 1.54) is 7.11 Å². The lowest BCUT2D eigenvalue weighted by Gasteiger charge is -2.09. The maximum atomic E-state index is 11.5. The molecule has 0 amide bonds. The fourth-order valence-corrected chi connectivity index (χ4v) is 1.63. The lowest BCUT2D eigenvalue weighted by Crippen LogP contribution is -2.06. The molecule has 0 bridgehead atoms. The van der Waals surface area contributed by atoms with Crippen molar-refractivity contribution < 1.29 is 9.53 Å². The zero-order chi connectivity index (χ0) is 13.8. The Morgan fingerprint density at radius 1 is 1.26 bits per heavy atom. The van der Waals surface area contributed by atoms with E-state index >= 15 is 0 Å². The third-order valence-corrected chi connectivity index (χ3v) is 2.66. The monoisotopic (exact) mass is 257 g/mol. The average molecular weight is 257 g/mol. The van der Waals surface area contributed by atoms with Gasteiger partial charge in [-0.05, 0) is 37.3 Å². The molecule has 0 aliphatic heterocycles. The number of nitrogens with two attached hydrogens (primary N) is 1. The molecule has 0 saturated carbocycles. The highest BCUT2D eigenvalue weighted by Crippen LogP contribution is 2.22. The van der Waals surface area contributed by atoms with Gasteiger partial charge < -0.3 is 15.8 Å². The van der Waals surface area contributed by atoms with Gasteiger partial charge in [0.2, 0.25) is 0 Å². The van der Waals surface area contributed by atoms with Gasteiger partial charge in [-0.2, -0.15) is 0 Å². The van der Waals surface area contributed by atoms with Crippen molar-refractivity contribution in [3.8, 4) is 0 Å². The summed E-state index contributed by atoms with van der Waals surface area (Å²) in [4.78, 5) is 15.7. The Balaban J connectivity index is 2.26. The minimum Gasteiger partial charge on any atom is -0.465 e. The van der Waals surface area contributed by atoms with Crippen LogP contribution in [0, 0.1) is 6.92 Å². The van der Waals surface area contributed by atoms with E-state index in [2.05, 4.69) is 15.0 Å². The van der Waals surface area contributed by atoms with Crippen LogP contribution in [-0.4, -0.2) is 18.1 Å². The van der Waals surface area contributed by atoms with Gasteiger partial charge in [-0.25, -0.2) is 4.79 Å². The lowest BCUT2D eigenvalue weighted by atomic mass is 10.1. The number of aromatic nitrogens is 1. The second-order valence-corrected chi connectivity index (χ2v) is 4.11. The molecule has 0 spiro atoms. The standard InChI is InChI=1S/C14H15N3O2/c1-9-3-4-11(8-16-9)17-10-5-6-13(15)12(7-10)14(18)19-2/h3-8,17H,15H2,1-2H3. The first-order valence-electron chi connectivity index (χ1n) is 5.77. The van der Waals surface area contributed by atoms with E-state index in [0.29, 0.717) is 11.3 Å². The maximum absolute atomic E-state index is 11.5. The van der Waals surface area contributed by atoms with Crippen LogP contribution < -0.4 is 11.1 Å². The predicted molar refractivity (Wildman–Crippen MR) is 74.5 cm³/mol. The summed E-state index contributed by atoms with van der Waals surface area (Å²) in [6.45, 7) is 1.92. The van der Waals surface area contributed by atoms with E-state index in [1.54, 1.807) is 24.4 Å². The topological polar surface area (TPSA) is 77.2 Å². The van der Waals surface area contributed by atoms with Crippen molar-refractivity contribution in [2.45, 2.75) is 6.92 Å². The van der Waals surface area contributed by atoms with Crippen LogP contribution in [0.2, 0.25) is 0 Å². The molecule has 5 heteroatoms. The summed E-state index contributed by atoms with van der Waals surface area (Å²) >= 11 is 0. The van der Waals surface area contributed by atoms with Crippen molar-refractivity contribution in [3.05, 3.63) is 47.8 Å². The highest BCUT2D eigenvalue weighted by atomic mass is 16.5. The van der Waals surface area contributed by atoms with Gasteiger partial charge in [0.05, 0.1) is 24.6 Å². The summed E-state index contributed by atoms with van der Waals surface area (Å²) in [6, 6.07) is 8.93. The summed E-state index contributed by atoms with van der Waals surface area (Å²) in [5.41, 5.74) is 9.00. The molecule has 0 aliphatic carbocycles. The second kappa shape index (κ2) is 5.39. The highest BCUT2D eigenvalue weighted by Gasteiger charge is 2.10. The summed E-state index contributed by atoms with van der Waals surface area (Å²) in [6.07, 6.45) is 1.73. The molecular formula is C14H15N3O2. The van der Waals surface area contributed by atoms with E-state index in [0.717, 1.165) is 17.1 Å². The Morgan fingerprint density at radius 3 is 2.63 bits per heavy atom. The van der Waals surface area contributed by atoms with Crippen molar-refractivity contribution >= 4 is 23.0 Å². The van der Waals surface area contributed by atoms with Gasteiger partial charge in [-0.1, -0.05) is 0 Å². The molecule has 5 nitrogen and oxygen atoms in total. The number of nitrogens with one attached hydrogen (secondary N) is 1. The number of carbonyl (C=O) groups excluding carboxylic acids is 1. The van der Waals surface area contributed by atoms with E-state index in [1.807, 2.05) is 19.1 Å². The van der Waals surface area contributed by atoms with Gasteiger partial charge in [-0.3, -0.25) is 4.98 Å². The molecule has 0 atom stereocenters. The molecule has 2 aromatic rings. The van der Waals surface area contributed by atoms with E-state index in [-0.39, 0.29) is 0 Å². The number of pyridine rings is 1. The fourth-order valence-electron chi connectivity index (χ4n) is 1.63. The molecule has 19 heavy (non-hydrogen) atoms. The largest absolute Gasteiger partial charge is 0.465 e. The van der Waals surface area contributed by atoms with Crippen LogP contribution in [0.5, 0.6) is 0 Å². The average Bonchev–Trinajstić information content (AvgIpc) is 2.42. The third-order valence-electron chi connectivity index (χ3n) is 2.66. The van der Waals surface area contributed by atoms with E-state index < -0.39 is 5.97 Å². The molecule has 98 valence electrons. The predicted octanol–water partition coefficient (Wildman–Crippen LogP) is 2.50. The number of anilines is 3. The first-order valence-corrected chi connectivity index (χ1v) is 5.77. The molecule has 0 radical (unpaired) electrons. The number of hydrogen-bond acceptors (Lipinski definition) is 5. The van der Waals surface area contributed by atoms with Gasteiger partial charge in [0.25, 0.3) is 0 Å². The number of esters is 1. The summed E-state index contributed by atoms with van der Waals surface area (Å²) < 4.78 is 4.68. The smallest absolute Gasteiger partial charge is 0.340 e. The number of methoxy groups -OCH3 is 1. The van der Waals surface area contributed by atoms with Crippen LogP contribution in [0.4, 0.5) is 17.1 Å². The van der Waals surface area contributed by atoms with Crippen LogP contribution >= 0.6 is 0 Å². The van der Waals surface area contributed by atoms with Gasteiger partial charge in [-0.15, -0.1) is 0 Å². The van der Waals surface area contributed by atoms with Crippen LogP contribution in [0.3, 0.4) is 0 Å². The Hall–Kier alpha value is -2.56. The number of nitrogens with zero attached hydrogens (tertiary/aromatic N) is 1. The van der Waals surface area contributed by atoms with Crippen molar-refractivity contribution in [1.82, 2.24) is 4.98 Å². The molecular weight excluding hydrogens is 242 g/mol. The highest BCUT2D eigenvalue weighted by molar-refractivity contribution is 5.96. The Bertz CT molecular complexity index is 594.